The van der Waals surface area contributed by atoms with Crippen molar-refractivity contribution >= 4 is 23.2 Å². The minimum absolute atomic E-state index is 0.0191. The zero-order valence-electron chi connectivity index (χ0n) is 10.9. The number of ether oxygens (including phenoxy) is 2. The van der Waals surface area contributed by atoms with E-state index in [2.05, 4.69) is 5.32 Å². The molecule has 0 saturated heterocycles. The van der Waals surface area contributed by atoms with Crippen LogP contribution in [0.25, 0.3) is 0 Å². The van der Waals surface area contributed by atoms with Crippen molar-refractivity contribution in [3.63, 3.8) is 0 Å². The Morgan fingerprint density at radius 1 is 1.29 bits per heavy atom. The van der Waals surface area contributed by atoms with E-state index >= 15 is 0 Å². The van der Waals surface area contributed by atoms with Crippen LogP contribution in [0.15, 0.2) is 12.1 Å². The number of nitrogens with one attached hydrogen (secondary N) is 1. The maximum atomic E-state index is 12.7. The number of carbonyl (C=O) groups excluding carboxylic acids is 1. The lowest BCUT2D eigenvalue weighted by Crippen LogP contribution is -2.59. The van der Waals surface area contributed by atoms with Gasteiger partial charge in [0.25, 0.3) is 5.91 Å². The number of anilines is 1. The third-order valence-corrected chi connectivity index (χ3v) is 3.25. The largest absolute Gasteiger partial charge is 0.486 e. The van der Waals surface area contributed by atoms with E-state index in [1.54, 1.807) is 0 Å². The van der Waals surface area contributed by atoms with E-state index in [1.165, 1.54) is 12.1 Å². The number of fused-ring (bicyclic) bond motifs is 1. The summed E-state index contributed by atoms with van der Waals surface area (Å²) in [5.74, 6) is -0.782. The Morgan fingerprint density at radius 2 is 1.81 bits per heavy atom. The van der Waals surface area contributed by atoms with Crippen LogP contribution in [0.3, 0.4) is 0 Å². The van der Waals surface area contributed by atoms with Gasteiger partial charge in [-0.2, -0.15) is 13.2 Å². The first kappa shape index (κ1) is 15.7. The molecule has 0 radical (unpaired) electrons. The van der Waals surface area contributed by atoms with E-state index in [9.17, 15) is 18.0 Å². The molecule has 0 fully saturated rings. The molecule has 21 heavy (non-hydrogen) atoms. The number of hydrogen-bond acceptors (Lipinski definition) is 4. The van der Waals surface area contributed by atoms with Crippen LogP contribution >= 0.6 is 11.6 Å². The van der Waals surface area contributed by atoms with Crippen molar-refractivity contribution in [1.29, 1.82) is 0 Å². The van der Waals surface area contributed by atoms with Crippen LogP contribution in [0.5, 0.6) is 11.5 Å². The normalized spacial score (nSPS) is 17.0. The summed E-state index contributed by atoms with van der Waals surface area (Å²) in [6, 6.07) is 2.65. The van der Waals surface area contributed by atoms with Gasteiger partial charge in [0.2, 0.25) is 0 Å². The van der Waals surface area contributed by atoms with Crippen molar-refractivity contribution in [2.24, 2.45) is 5.73 Å². The van der Waals surface area contributed by atoms with Crippen LogP contribution < -0.4 is 20.5 Å². The minimum Gasteiger partial charge on any atom is -0.486 e. The van der Waals surface area contributed by atoms with E-state index in [0.29, 0.717) is 25.9 Å². The molecule has 2 rings (SSSR count). The van der Waals surface area contributed by atoms with E-state index in [-0.39, 0.29) is 16.5 Å². The van der Waals surface area contributed by atoms with E-state index in [0.717, 1.165) is 0 Å². The number of nitrogens with two attached hydrogens (primary N) is 1. The van der Waals surface area contributed by atoms with Gasteiger partial charge in [-0.1, -0.05) is 11.6 Å². The van der Waals surface area contributed by atoms with Gasteiger partial charge in [-0.3, -0.25) is 4.79 Å². The van der Waals surface area contributed by atoms with Crippen molar-refractivity contribution < 1.29 is 27.4 Å². The SMILES string of the molecule is CC(N)(C(=O)Nc1cc2c(cc1Cl)OCCO2)C(F)(F)F. The summed E-state index contributed by atoms with van der Waals surface area (Å²) >= 11 is 5.90. The maximum absolute atomic E-state index is 12.7. The summed E-state index contributed by atoms with van der Waals surface area (Å²) in [5.41, 5.74) is 1.96. The number of hydrogen-bond donors (Lipinski definition) is 2. The Balaban J connectivity index is 2.26. The third-order valence-electron chi connectivity index (χ3n) is 2.94. The molecule has 1 aromatic carbocycles. The third kappa shape index (κ3) is 3.01. The fourth-order valence-corrected chi connectivity index (χ4v) is 1.74. The number of benzene rings is 1. The van der Waals surface area contributed by atoms with Crippen LogP contribution in [0.4, 0.5) is 18.9 Å². The molecule has 0 bridgehead atoms. The van der Waals surface area contributed by atoms with Gasteiger partial charge in [0.15, 0.2) is 17.0 Å². The molecule has 9 heteroatoms. The number of carbonyl (C=O) groups is 1. The van der Waals surface area contributed by atoms with Crippen LogP contribution in [0.2, 0.25) is 5.02 Å². The molecule has 1 amide bonds. The predicted octanol–water partition coefficient (Wildman–Crippen LogP) is 2.33. The summed E-state index contributed by atoms with van der Waals surface area (Å²) in [7, 11) is 0. The molecule has 0 saturated carbocycles. The summed E-state index contributed by atoms with van der Waals surface area (Å²) in [6.45, 7) is 1.21. The summed E-state index contributed by atoms with van der Waals surface area (Å²) in [6.07, 6.45) is -4.89. The minimum atomic E-state index is -4.89. The lowest BCUT2D eigenvalue weighted by Gasteiger charge is -2.27. The molecule has 1 unspecified atom stereocenters. The summed E-state index contributed by atoms with van der Waals surface area (Å²) in [5, 5.41) is 2.07. The number of amides is 1. The van der Waals surface area contributed by atoms with E-state index in [4.69, 9.17) is 26.8 Å². The quantitative estimate of drug-likeness (QED) is 0.875. The highest BCUT2D eigenvalue weighted by molar-refractivity contribution is 6.34. The van der Waals surface area contributed by atoms with Gasteiger partial charge in [0.1, 0.15) is 13.2 Å². The fourth-order valence-electron chi connectivity index (χ4n) is 1.54. The molecule has 0 spiro atoms. The van der Waals surface area contributed by atoms with Crippen molar-refractivity contribution in [2.45, 2.75) is 18.6 Å². The molecule has 3 N–H and O–H groups in total. The van der Waals surface area contributed by atoms with Crippen molar-refractivity contribution in [1.82, 2.24) is 0 Å². The molecule has 1 heterocycles. The van der Waals surface area contributed by atoms with Gasteiger partial charge < -0.3 is 20.5 Å². The number of halogens is 4. The van der Waals surface area contributed by atoms with Crippen LogP contribution in [-0.2, 0) is 4.79 Å². The van der Waals surface area contributed by atoms with E-state index < -0.39 is 17.6 Å². The lowest BCUT2D eigenvalue weighted by molar-refractivity contribution is -0.184. The summed E-state index contributed by atoms with van der Waals surface area (Å²) in [4.78, 5) is 11.7. The Hall–Kier alpha value is -1.67. The van der Waals surface area contributed by atoms with Crippen molar-refractivity contribution in [3.8, 4) is 11.5 Å². The van der Waals surface area contributed by atoms with E-state index in [1.807, 2.05) is 0 Å². The molecule has 1 aliphatic rings. The molecular weight excluding hydrogens is 313 g/mol. The van der Waals surface area contributed by atoms with Crippen molar-refractivity contribution in [3.05, 3.63) is 17.2 Å². The summed E-state index contributed by atoms with van der Waals surface area (Å²) < 4.78 is 48.6. The van der Waals surface area contributed by atoms with Gasteiger partial charge in [-0.15, -0.1) is 0 Å². The molecular formula is C12H12ClF3N2O3. The second kappa shape index (κ2) is 5.27. The Labute approximate surface area is 123 Å². The first-order chi connectivity index (χ1) is 9.63. The van der Waals surface area contributed by atoms with Gasteiger partial charge >= 0.3 is 6.18 Å². The van der Waals surface area contributed by atoms with Crippen LogP contribution in [0, 0.1) is 0 Å². The fraction of sp³-hybridized carbons (Fsp3) is 0.417. The number of rotatable bonds is 2. The average molecular weight is 325 g/mol. The first-order valence-electron chi connectivity index (χ1n) is 5.89. The first-order valence-corrected chi connectivity index (χ1v) is 6.27. The van der Waals surface area contributed by atoms with Gasteiger partial charge in [0, 0.05) is 12.1 Å². The predicted molar refractivity (Wildman–Crippen MR) is 69.7 cm³/mol. The topological polar surface area (TPSA) is 73.6 Å². The number of alkyl halides is 3. The average Bonchev–Trinajstić information content (AvgIpc) is 2.38. The van der Waals surface area contributed by atoms with Gasteiger partial charge in [-0.05, 0) is 6.92 Å². The Kier molecular flexibility index (Phi) is 3.94. The molecule has 1 aliphatic heterocycles. The zero-order chi connectivity index (χ0) is 15.8. The Morgan fingerprint density at radius 3 is 2.33 bits per heavy atom. The molecule has 0 aliphatic carbocycles. The van der Waals surface area contributed by atoms with Crippen LogP contribution in [-0.4, -0.2) is 30.8 Å². The second-order valence-corrected chi connectivity index (χ2v) is 5.04. The lowest BCUT2D eigenvalue weighted by atomic mass is 10.0. The highest BCUT2D eigenvalue weighted by Gasteiger charge is 2.54. The van der Waals surface area contributed by atoms with Gasteiger partial charge in [0.05, 0.1) is 10.7 Å². The van der Waals surface area contributed by atoms with Crippen molar-refractivity contribution in [2.75, 3.05) is 18.5 Å². The molecule has 0 aromatic heterocycles. The monoisotopic (exact) mass is 324 g/mol. The smallest absolute Gasteiger partial charge is 0.415 e. The Bertz CT molecular complexity index is 576. The van der Waals surface area contributed by atoms with Gasteiger partial charge in [-0.25, -0.2) is 0 Å². The molecule has 1 aromatic rings. The highest BCUT2D eigenvalue weighted by atomic mass is 35.5. The molecule has 1 atom stereocenters. The van der Waals surface area contributed by atoms with Crippen LogP contribution in [0.1, 0.15) is 6.92 Å². The molecule has 5 nitrogen and oxygen atoms in total. The highest BCUT2D eigenvalue weighted by Crippen LogP contribution is 2.38. The zero-order valence-corrected chi connectivity index (χ0v) is 11.6. The standard InChI is InChI=1S/C12H12ClF3N2O3/c1-11(17,12(14,15)16)10(19)18-7-5-9-8(4-6(7)13)20-2-3-21-9/h4-5H,2-3,17H2,1H3,(H,18,19). The maximum Gasteiger partial charge on any atom is 0.415 e. The molecule has 116 valence electrons. The second-order valence-electron chi connectivity index (χ2n) is 4.63.